The summed E-state index contributed by atoms with van der Waals surface area (Å²) >= 11 is 0. The van der Waals surface area contributed by atoms with Crippen LogP contribution in [0.1, 0.15) is 38.4 Å². The second-order valence-electron chi connectivity index (χ2n) is 10.3. The minimum atomic E-state index is -1.10. The molecule has 10 rings (SSSR count). The van der Waals surface area contributed by atoms with Crippen LogP contribution in [0.3, 0.4) is 0 Å². The molecule has 0 aliphatic carbocycles. The van der Waals surface area contributed by atoms with Gasteiger partial charge < -0.3 is 4.42 Å². The molecule has 0 radical (unpaired) electrons. The second-order valence-corrected chi connectivity index (χ2v) is 10.3. The standard InChI is InChI=1S/C46H28O/c1-2-13-31-27-34(24-23-29(31)11-1)44-39-19-7-5-17-37(39)43(38-18-6-8-20-40(38)44)33-15-9-14-32(28-33)35-21-10-22-42-45(35)41-26-25-30-12-3-4-16-36(30)46(41)47-42/h1-28H/i1D,2D,3D,4D,5D,6D,7D,8D,9D,10D,11D,12D,13D,14D,15D,16D,17D,18D,19D,20D,21D,22D,23D,24D,25D,26D,27D,28D. The van der Waals surface area contributed by atoms with Crippen LogP contribution < -0.4 is 0 Å². The Bertz CT molecular complexity index is 4360. The fourth-order valence-corrected chi connectivity index (χ4v) is 5.78. The molecule has 9 aromatic carbocycles. The molecule has 0 fully saturated rings. The van der Waals surface area contributed by atoms with E-state index in [1.165, 1.54) is 0 Å². The van der Waals surface area contributed by atoms with Crippen LogP contribution in [-0.2, 0) is 0 Å². The SMILES string of the molecule is [2H]c1c([2H])c(-c2c3c([2H])c([2H])c([2H])c([2H])c3c(-c3c([2H])c([2H])c4c([2H])c([2H])c([2H])c([2H])c4c3[2H])c3c([2H])c([2H])c([2H])c([2H])c23)c([2H])c(-c2c([2H])c([2H])c([2H])c3oc4c5c([2H])c([2H])c([2H])c([2H])c5c([2H])c([2H])c4c23)c1[2H]. The van der Waals surface area contributed by atoms with Gasteiger partial charge in [-0.25, -0.2) is 0 Å². The fraction of sp³-hybridized carbons (Fsp3) is 0. The first-order valence-electron chi connectivity index (χ1n) is 27.9. The van der Waals surface area contributed by atoms with Gasteiger partial charge in [-0.3, -0.25) is 0 Å². The molecule has 10 aromatic rings. The van der Waals surface area contributed by atoms with Crippen molar-refractivity contribution in [2.24, 2.45) is 0 Å². The Hall–Kier alpha value is -6.18. The summed E-state index contributed by atoms with van der Waals surface area (Å²) in [6, 6.07) is -26.0. The molecule has 0 saturated carbocycles. The van der Waals surface area contributed by atoms with E-state index in [2.05, 4.69) is 0 Å². The van der Waals surface area contributed by atoms with E-state index < -0.39 is 268 Å². The Balaban J connectivity index is 1.49. The number of hydrogen-bond acceptors (Lipinski definition) is 1. The molecular weight excluding hydrogens is 569 g/mol. The maximum atomic E-state index is 10.0. The third-order valence-electron chi connectivity index (χ3n) is 7.75. The Kier molecular flexibility index (Phi) is 2.31. The summed E-state index contributed by atoms with van der Waals surface area (Å²) < 4.78 is 258. The van der Waals surface area contributed by atoms with E-state index in [1.807, 2.05) is 0 Å². The lowest BCUT2D eigenvalue weighted by Gasteiger charge is -2.18. The van der Waals surface area contributed by atoms with E-state index in [1.54, 1.807) is 0 Å². The van der Waals surface area contributed by atoms with Crippen molar-refractivity contribution in [1.82, 2.24) is 0 Å². The van der Waals surface area contributed by atoms with Crippen LogP contribution in [0, 0.1) is 0 Å². The molecule has 0 bridgehead atoms. The monoisotopic (exact) mass is 624 g/mol. The van der Waals surface area contributed by atoms with Gasteiger partial charge in [0.1, 0.15) is 11.2 Å². The number of rotatable bonds is 3. The van der Waals surface area contributed by atoms with E-state index in [9.17, 15) is 16.4 Å². The number of benzene rings is 9. The Morgan fingerprint density at radius 2 is 0.915 bits per heavy atom. The van der Waals surface area contributed by atoms with Gasteiger partial charge in [0.25, 0.3) is 0 Å². The number of fused-ring (bicyclic) bond motifs is 8. The summed E-state index contributed by atoms with van der Waals surface area (Å²) in [5, 5.41) is -6.26. The van der Waals surface area contributed by atoms with Crippen molar-refractivity contribution in [3.8, 4) is 33.4 Å². The van der Waals surface area contributed by atoms with Crippen molar-refractivity contribution in [3.63, 3.8) is 0 Å². The van der Waals surface area contributed by atoms with Crippen molar-refractivity contribution in [3.05, 3.63) is 169 Å². The summed E-state index contributed by atoms with van der Waals surface area (Å²) in [5.74, 6) is 0. The Morgan fingerprint density at radius 1 is 0.362 bits per heavy atom. The predicted molar refractivity (Wildman–Crippen MR) is 200 cm³/mol. The van der Waals surface area contributed by atoms with Crippen molar-refractivity contribution in [2.45, 2.75) is 0 Å². The van der Waals surface area contributed by atoms with Crippen LogP contribution in [0.25, 0.3) is 98.4 Å². The van der Waals surface area contributed by atoms with Gasteiger partial charge in [0, 0.05) is 16.2 Å². The third kappa shape index (κ3) is 3.97. The first-order chi connectivity index (χ1) is 35.0. The molecule has 1 aromatic heterocycles. The van der Waals surface area contributed by atoms with Crippen LogP contribution >= 0.6 is 0 Å². The molecule has 1 nitrogen and oxygen atoms in total. The van der Waals surface area contributed by atoms with Gasteiger partial charge in [0.15, 0.2) is 0 Å². The topological polar surface area (TPSA) is 13.1 Å². The lowest BCUT2D eigenvalue weighted by Crippen LogP contribution is -1.91. The maximum absolute atomic E-state index is 10.0. The van der Waals surface area contributed by atoms with E-state index in [0.29, 0.717) is 0 Å². The van der Waals surface area contributed by atoms with Gasteiger partial charge in [-0.1, -0.05) is 145 Å². The van der Waals surface area contributed by atoms with Crippen molar-refractivity contribution in [2.75, 3.05) is 0 Å². The quantitative estimate of drug-likeness (QED) is 0.178. The Labute approximate surface area is 311 Å². The fourth-order valence-electron chi connectivity index (χ4n) is 5.78. The first-order valence-corrected chi connectivity index (χ1v) is 13.9. The summed E-state index contributed by atoms with van der Waals surface area (Å²) in [4.78, 5) is 0. The highest BCUT2D eigenvalue weighted by Crippen LogP contribution is 2.45. The average molecular weight is 625 g/mol. The van der Waals surface area contributed by atoms with Crippen molar-refractivity contribution in [1.29, 1.82) is 0 Å². The highest BCUT2D eigenvalue weighted by Gasteiger charge is 2.19. The van der Waals surface area contributed by atoms with Crippen LogP contribution in [0.15, 0.2) is 174 Å². The van der Waals surface area contributed by atoms with E-state index in [-0.39, 0.29) is 0 Å². The van der Waals surface area contributed by atoms with Crippen LogP contribution in [0.2, 0.25) is 0 Å². The van der Waals surface area contributed by atoms with Crippen LogP contribution in [-0.4, -0.2) is 0 Å². The molecule has 1 heteroatoms. The molecule has 0 atom stereocenters. The van der Waals surface area contributed by atoms with Gasteiger partial charge in [-0.2, -0.15) is 0 Å². The molecule has 0 spiro atoms. The molecule has 0 unspecified atom stereocenters. The zero-order chi connectivity index (χ0) is 55.3. The van der Waals surface area contributed by atoms with Crippen molar-refractivity contribution >= 4 is 65.0 Å². The first kappa shape index (κ1) is 10.7. The minimum absolute atomic E-state index is 0.450. The predicted octanol–water partition coefficient (Wildman–Crippen LogP) is 13.2. The van der Waals surface area contributed by atoms with E-state index >= 15 is 0 Å². The zero-order valence-electron chi connectivity index (χ0n) is 51.4. The van der Waals surface area contributed by atoms with E-state index in [0.717, 1.165) is 0 Å². The van der Waals surface area contributed by atoms with Crippen molar-refractivity contribution < 1.29 is 42.8 Å². The van der Waals surface area contributed by atoms with Gasteiger partial charge in [-0.15, -0.1) is 0 Å². The molecule has 0 N–H and O–H groups in total. The summed E-state index contributed by atoms with van der Waals surface area (Å²) in [6.07, 6.45) is 0. The molecular formula is C46H28O. The largest absolute Gasteiger partial charge is 0.455 e. The molecule has 1 heterocycles. The highest BCUT2D eigenvalue weighted by atomic mass is 16.3. The molecule has 0 aliphatic heterocycles. The number of furan rings is 1. The summed E-state index contributed by atoms with van der Waals surface area (Å²) in [5.41, 5.74) is -5.97. The maximum Gasteiger partial charge on any atom is 0.143 e. The normalized spacial score (nSPS) is 20.2. The molecule has 47 heavy (non-hydrogen) atoms. The van der Waals surface area contributed by atoms with Gasteiger partial charge in [0.2, 0.25) is 0 Å². The summed E-state index contributed by atoms with van der Waals surface area (Å²) in [7, 11) is 0. The zero-order valence-corrected chi connectivity index (χ0v) is 23.4. The van der Waals surface area contributed by atoms with Gasteiger partial charge in [0.05, 0.1) is 38.4 Å². The second kappa shape index (κ2) is 10.2. The van der Waals surface area contributed by atoms with Gasteiger partial charge >= 0.3 is 0 Å². The van der Waals surface area contributed by atoms with Gasteiger partial charge in [-0.05, 0) is 95.3 Å². The molecule has 0 aliphatic rings. The molecule has 0 saturated heterocycles. The lowest BCUT2D eigenvalue weighted by atomic mass is 9.85. The molecule has 0 amide bonds. The third-order valence-corrected chi connectivity index (χ3v) is 7.75. The smallest absolute Gasteiger partial charge is 0.143 e. The minimum Gasteiger partial charge on any atom is -0.455 e. The average Bonchev–Trinajstić information content (AvgIpc) is 3.84. The van der Waals surface area contributed by atoms with E-state index in [4.69, 9.17) is 26.3 Å². The Morgan fingerprint density at radius 3 is 1.64 bits per heavy atom. The van der Waals surface area contributed by atoms with Crippen LogP contribution in [0.5, 0.6) is 0 Å². The summed E-state index contributed by atoms with van der Waals surface area (Å²) in [6.45, 7) is 0. The lowest BCUT2D eigenvalue weighted by molar-refractivity contribution is 0.673. The highest BCUT2D eigenvalue weighted by molar-refractivity contribution is 6.22. The molecule has 218 valence electrons. The van der Waals surface area contributed by atoms with Crippen LogP contribution in [0.4, 0.5) is 0 Å². The number of hydrogen-bond donors (Lipinski definition) is 0.